The highest BCUT2D eigenvalue weighted by molar-refractivity contribution is 9.10. The number of aromatic nitrogens is 4. The Bertz CT molecular complexity index is 1500. The van der Waals surface area contributed by atoms with Gasteiger partial charge in [0.05, 0.1) is 35.9 Å². The van der Waals surface area contributed by atoms with Gasteiger partial charge in [-0.1, -0.05) is 28.1 Å². The SMILES string of the molecule is COc1cc2c(Nc3ccc(Br)cc3F)ncnc2cc1OCCn1c(C)nc2ccccc21. The Morgan fingerprint density at radius 3 is 2.71 bits per heavy atom. The lowest BCUT2D eigenvalue weighted by atomic mass is 10.2. The smallest absolute Gasteiger partial charge is 0.163 e. The zero-order valence-corrected chi connectivity index (χ0v) is 20.1. The molecule has 5 aromatic rings. The van der Waals surface area contributed by atoms with Crippen LogP contribution in [0.3, 0.4) is 0 Å². The molecule has 0 fully saturated rings. The zero-order chi connectivity index (χ0) is 23.7. The van der Waals surface area contributed by atoms with Crippen LogP contribution in [0.1, 0.15) is 5.82 Å². The molecule has 0 amide bonds. The van der Waals surface area contributed by atoms with Crippen LogP contribution >= 0.6 is 15.9 Å². The number of nitrogens with zero attached hydrogens (tertiary/aromatic N) is 4. The Kier molecular flexibility index (Phi) is 6.02. The fourth-order valence-electron chi connectivity index (χ4n) is 3.88. The topological polar surface area (TPSA) is 74.1 Å². The molecule has 2 aromatic heterocycles. The van der Waals surface area contributed by atoms with E-state index in [0.29, 0.717) is 51.5 Å². The number of methoxy groups -OCH3 is 1. The van der Waals surface area contributed by atoms with Crippen molar-refractivity contribution in [1.82, 2.24) is 19.5 Å². The molecule has 0 saturated heterocycles. The molecule has 0 atom stereocenters. The van der Waals surface area contributed by atoms with Gasteiger partial charge in [0, 0.05) is 15.9 Å². The number of ether oxygens (including phenoxy) is 2. The average Bonchev–Trinajstić information content (AvgIpc) is 3.15. The Hall–Kier alpha value is -3.72. The molecule has 0 saturated carbocycles. The van der Waals surface area contributed by atoms with Crippen molar-refractivity contribution in [3.63, 3.8) is 0 Å². The molecule has 0 aliphatic heterocycles. The first kappa shape index (κ1) is 22.1. The Labute approximate surface area is 203 Å². The largest absolute Gasteiger partial charge is 0.493 e. The maximum Gasteiger partial charge on any atom is 0.163 e. The van der Waals surface area contributed by atoms with E-state index in [1.54, 1.807) is 31.4 Å². The number of anilines is 2. The molecule has 0 bridgehead atoms. The summed E-state index contributed by atoms with van der Waals surface area (Å²) in [5.74, 6) is 2.11. The van der Waals surface area contributed by atoms with Crippen LogP contribution in [-0.4, -0.2) is 33.2 Å². The molecule has 3 aromatic carbocycles. The number of imidazole rings is 1. The van der Waals surface area contributed by atoms with Crippen molar-refractivity contribution in [3.05, 3.63) is 77.0 Å². The molecule has 172 valence electrons. The van der Waals surface area contributed by atoms with Gasteiger partial charge in [0.15, 0.2) is 11.5 Å². The van der Waals surface area contributed by atoms with Crippen LogP contribution < -0.4 is 14.8 Å². The van der Waals surface area contributed by atoms with Crippen molar-refractivity contribution in [2.75, 3.05) is 19.0 Å². The summed E-state index contributed by atoms with van der Waals surface area (Å²) >= 11 is 3.27. The highest BCUT2D eigenvalue weighted by Gasteiger charge is 2.14. The summed E-state index contributed by atoms with van der Waals surface area (Å²) in [6, 6.07) is 16.4. The highest BCUT2D eigenvalue weighted by Crippen LogP contribution is 2.35. The van der Waals surface area contributed by atoms with E-state index in [1.165, 1.54) is 12.4 Å². The van der Waals surface area contributed by atoms with Crippen molar-refractivity contribution in [2.24, 2.45) is 0 Å². The quantitative estimate of drug-likeness (QED) is 0.282. The van der Waals surface area contributed by atoms with Crippen molar-refractivity contribution in [1.29, 1.82) is 0 Å². The lowest BCUT2D eigenvalue weighted by Crippen LogP contribution is -2.10. The second-order valence-electron chi connectivity index (χ2n) is 7.64. The van der Waals surface area contributed by atoms with E-state index in [4.69, 9.17) is 9.47 Å². The third-order valence-corrected chi connectivity index (χ3v) is 6.02. The zero-order valence-electron chi connectivity index (χ0n) is 18.5. The van der Waals surface area contributed by atoms with Crippen LogP contribution in [0.25, 0.3) is 21.9 Å². The lowest BCUT2D eigenvalue weighted by Gasteiger charge is -2.15. The predicted molar refractivity (Wildman–Crippen MR) is 133 cm³/mol. The van der Waals surface area contributed by atoms with Crippen LogP contribution in [0.4, 0.5) is 15.9 Å². The van der Waals surface area contributed by atoms with E-state index < -0.39 is 5.82 Å². The molecule has 7 nitrogen and oxygen atoms in total. The molecule has 5 rings (SSSR count). The molecular weight excluding hydrogens is 501 g/mol. The second kappa shape index (κ2) is 9.26. The van der Waals surface area contributed by atoms with Gasteiger partial charge in [0.25, 0.3) is 0 Å². The van der Waals surface area contributed by atoms with Gasteiger partial charge in [-0.2, -0.15) is 0 Å². The minimum Gasteiger partial charge on any atom is -0.493 e. The van der Waals surface area contributed by atoms with Gasteiger partial charge in [-0.15, -0.1) is 0 Å². The number of rotatable bonds is 7. The van der Waals surface area contributed by atoms with Gasteiger partial charge in [-0.25, -0.2) is 19.3 Å². The molecular formula is C25H21BrFN5O2. The normalized spacial score (nSPS) is 11.2. The third-order valence-electron chi connectivity index (χ3n) is 5.52. The van der Waals surface area contributed by atoms with Crippen molar-refractivity contribution < 1.29 is 13.9 Å². The molecule has 0 aliphatic rings. The summed E-state index contributed by atoms with van der Waals surface area (Å²) in [5, 5.41) is 3.73. The number of nitrogens with one attached hydrogen (secondary N) is 1. The third kappa shape index (κ3) is 4.26. The molecule has 0 aliphatic carbocycles. The van der Waals surface area contributed by atoms with E-state index in [-0.39, 0.29) is 0 Å². The van der Waals surface area contributed by atoms with E-state index in [2.05, 4.69) is 40.8 Å². The van der Waals surface area contributed by atoms with Gasteiger partial charge in [0.2, 0.25) is 0 Å². The van der Waals surface area contributed by atoms with Crippen molar-refractivity contribution >= 4 is 49.4 Å². The van der Waals surface area contributed by atoms with E-state index >= 15 is 0 Å². The molecule has 2 heterocycles. The number of aryl methyl sites for hydroxylation is 1. The number of para-hydroxylation sites is 2. The van der Waals surface area contributed by atoms with Gasteiger partial charge < -0.3 is 19.4 Å². The number of halogens is 2. The monoisotopic (exact) mass is 521 g/mol. The van der Waals surface area contributed by atoms with E-state index in [9.17, 15) is 4.39 Å². The van der Waals surface area contributed by atoms with Crippen LogP contribution in [0, 0.1) is 12.7 Å². The first-order valence-corrected chi connectivity index (χ1v) is 11.4. The predicted octanol–water partition coefficient (Wildman–Crippen LogP) is 6.02. The summed E-state index contributed by atoms with van der Waals surface area (Å²) in [7, 11) is 1.58. The fraction of sp³-hybridized carbons (Fsp3) is 0.160. The van der Waals surface area contributed by atoms with Crippen LogP contribution in [0.5, 0.6) is 11.5 Å². The Morgan fingerprint density at radius 2 is 1.88 bits per heavy atom. The van der Waals surface area contributed by atoms with Crippen LogP contribution in [-0.2, 0) is 6.54 Å². The van der Waals surface area contributed by atoms with Crippen LogP contribution in [0.15, 0.2) is 65.4 Å². The number of fused-ring (bicyclic) bond motifs is 2. The van der Waals surface area contributed by atoms with Gasteiger partial charge in [-0.05, 0) is 43.3 Å². The van der Waals surface area contributed by atoms with Crippen molar-refractivity contribution in [2.45, 2.75) is 13.5 Å². The van der Waals surface area contributed by atoms with E-state index in [1.807, 2.05) is 31.2 Å². The fourth-order valence-corrected chi connectivity index (χ4v) is 4.21. The number of hydrogen-bond acceptors (Lipinski definition) is 6. The molecule has 0 spiro atoms. The summed E-state index contributed by atoms with van der Waals surface area (Å²) in [6.45, 7) is 3.03. The van der Waals surface area contributed by atoms with Gasteiger partial charge >= 0.3 is 0 Å². The summed E-state index contributed by atoms with van der Waals surface area (Å²) < 4.78 is 28.8. The second-order valence-corrected chi connectivity index (χ2v) is 8.56. The molecule has 0 radical (unpaired) electrons. The Balaban J connectivity index is 1.40. The maximum absolute atomic E-state index is 14.3. The number of benzene rings is 3. The maximum atomic E-state index is 14.3. The van der Waals surface area contributed by atoms with Gasteiger partial charge in [0.1, 0.15) is 30.4 Å². The van der Waals surface area contributed by atoms with Crippen LogP contribution in [0.2, 0.25) is 0 Å². The van der Waals surface area contributed by atoms with E-state index in [0.717, 1.165) is 16.9 Å². The molecule has 1 N–H and O–H groups in total. The highest BCUT2D eigenvalue weighted by atomic mass is 79.9. The first-order valence-electron chi connectivity index (χ1n) is 10.6. The minimum absolute atomic E-state index is 0.311. The lowest BCUT2D eigenvalue weighted by molar-refractivity contribution is 0.280. The summed E-state index contributed by atoms with van der Waals surface area (Å²) in [4.78, 5) is 13.3. The summed E-state index contributed by atoms with van der Waals surface area (Å²) in [6.07, 6.45) is 1.43. The summed E-state index contributed by atoms with van der Waals surface area (Å²) in [5.41, 5.74) is 2.99. The standard InChI is InChI=1S/C25H21BrFN5O2/c1-15-30-20-5-3-4-6-22(20)32(15)9-10-34-24-13-21-17(12-23(24)33-2)25(29-14-28-21)31-19-8-7-16(26)11-18(19)27/h3-8,11-14H,9-10H2,1-2H3,(H,28,29,31). The molecule has 0 unspecified atom stereocenters. The molecule has 34 heavy (non-hydrogen) atoms. The first-order chi connectivity index (χ1) is 16.5. The molecule has 9 heteroatoms. The average molecular weight is 522 g/mol. The minimum atomic E-state index is -0.393. The number of hydrogen-bond donors (Lipinski definition) is 1. The van der Waals surface area contributed by atoms with Gasteiger partial charge in [-0.3, -0.25) is 0 Å². The van der Waals surface area contributed by atoms with Crippen molar-refractivity contribution in [3.8, 4) is 11.5 Å². The Morgan fingerprint density at radius 1 is 1.03 bits per heavy atom.